The number of nitriles is 1. The summed E-state index contributed by atoms with van der Waals surface area (Å²) in [4.78, 5) is 0. The average Bonchev–Trinajstić information content (AvgIpc) is 3.18. The summed E-state index contributed by atoms with van der Waals surface area (Å²) in [7, 11) is 0. The lowest BCUT2D eigenvalue weighted by Crippen LogP contribution is -2.01. The molecule has 0 bridgehead atoms. The van der Waals surface area contributed by atoms with E-state index >= 15 is 0 Å². The number of nitrogens with zero attached hydrogens (tertiary/aromatic N) is 5. The Morgan fingerprint density at radius 3 is 2.79 bits per heavy atom. The molecule has 0 radical (unpaired) electrons. The van der Waals surface area contributed by atoms with Crippen LogP contribution < -0.4 is 5.32 Å². The summed E-state index contributed by atoms with van der Waals surface area (Å²) in [6.45, 7) is 4.70. The minimum Gasteiger partial charge on any atom is -0.360 e. The van der Waals surface area contributed by atoms with E-state index in [4.69, 9.17) is 0 Å². The van der Waals surface area contributed by atoms with E-state index in [2.05, 4.69) is 26.7 Å². The molecule has 0 aliphatic rings. The van der Waals surface area contributed by atoms with E-state index in [0.717, 1.165) is 33.1 Å². The lowest BCUT2D eigenvalue weighted by molar-refractivity contribution is 0.828. The number of nitrogens with one attached hydrogen (secondary N) is 1. The van der Waals surface area contributed by atoms with E-state index < -0.39 is 0 Å². The fourth-order valence-corrected chi connectivity index (χ4v) is 4.08. The SMILES string of the molecule is CCNc1nnc(SCc2c(C#N)c(C)nn2-c2ccccc2)s1. The molecule has 3 aromatic rings. The molecule has 0 unspecified atom stereocenters. The summed E-state index contributed by atoms with van der Waals surface area (Å²) in [6, 6.07) is 12.1. The number of anilines is 1. The van der Waals surface area contributed by atoms with E-state index in [1.54, 1.807) is 11.8 Å². The minimum absolute atomic E-state index is 0.611. The van der Waals surface area contributed by atoms with Gasteiger partial charge in [-0.05, 0) is 26.0 Å². The standard InChI is InChI=1S/C16H16N6S2/c1-3-18-15-19-20-16(24-15)23-10-14-13(9-17)11(2)21-22(14)12-7-5-4-6-8-12/h4-8H,3,10H2,1-2H3,(H,18,19). The first-order valence-corrected chi connectivity index (χ1v) is 9.27. The van der Waals surface area contributed by atoms with Gasteiger partial charge < -0.3 is 5.32 Å². The van der Waals surface area contributed by atoms with E-state index in [-0.39, 0.29) is 0 Å². The second-order valence-corrected chi connectivity index (χ2v) is 7.16. The molecular formula is C16H16N6S2. The van der Waals surface area contributed by atoms with Crippen LogP contribution in [0.1, 0.15) is 23.9 Å². The van der Waals surface area contributed by atoms with Gasteiger partial charge in [0.2, 0.25) is 5.13 Å². The van der Waals surface area contributed by atoms with Crippen LogP contribution in [0.3, 0.4) is 0 Å². The Bertz CT molecular complexity index is 863. The highest BCUT2D eigenvalue weighted by molar-refractivity contribution is 8.00. The monoisotopic (exact) mass is 356 g/mol. The molecule has 24 heavy (non-hydrogen) atoms. The summed E-state index contributed by atoms with van der Waals surface area (Å²) in [5, 5.41) is 26.2. The Kier molecular flexibility index (Phi) is 5.13. The van der Waals surface area contributed by atoms with Crippen molar-refractivity contribution in [2.45, 2.75) is 23.9 Å². The first-order valence-electron chi connectivity index (χ1n) is 7.47. The third-order valence-corrected chi connectivity index (χ3v) is 5.36. The number of hydrogen-bond donors (Lipinski definition) is 1. The first-order chi connectivity index (χ1) is 11.7. The van der Waals surface area contributed by atoms with Gasteiger partial charge in [-0.1, -0.05) is 41.3 Å². The molecule has 0 aliphatic carbocycles. The van der Waals surface area contributed by atoms with E-state index in [0.29, 0.717) is 11.3 Å². The van der Waals surface area contributed by atoms with Gasteiger partial charge in [0.25, 0.3) is 0 Å². The molecule has 2 heterocycles. The predicted octanol–water partition coefficient (Wildman–Crippen LogP) is 3.63. The second-order valence-electron chi connectivity index (χ2n) is 4.96. The highest BCUT2D eigenvalue weighted by atomic mass is 32.2. The van der Waals surface area contributed by atoms with Gasteiger partial charge in [0.1, 0.15) is 6.07 Å². The zero-order valence-corrected chi connectivity index (χ0v) is 15.0. The van der Waals surface area contributed by atoms with Crippen molar-refractivity contribution >= 4 is 28.2 Å². The van der Waals surface area contributed by atoms with Crippen molar-refractivity contribution in [3.8, 4) is 11.8 Å². The Hall–Kier alpha value is -2.37. The van der Waals surface area contributed by atoms with Crippen LogP contribution in [0.5, 0.6) is 0 Å². The molecule has 0 atom stereocenters. The number of rotatable bonds is 6. The van der Waals surface area contributed by atoms with Crippen molar-refractivity contribution in [2.24, 2.45) is 0 Å². The molecule has 1 N–H and O–H groups in total. The van der Waals surface area contributed by atoms with Crippen molar-refractivity contribution < 1.29 is 0 Å². The van der Waals surface area contributed by atoms with Gasteiger partial charge in [-0.25, -0.2) is 4.68 Å². The van der Waals surface area contributed by atoms with Crippen molar-refractivity contribution in [3.05, 3.63) is 47.3 Å². The van der Waals surface area contributed by atoms with Gasteiger partial charge in [0, 0.05) is 12.3 Å². The number of aryl methyl sites for hydroxylation is 1. The normalized spacial score (nSPS) is 10.5. The van der Waals surface area contributed by atoms with Crippen molar-refractivity contribution in [1.29, 1.82) is 5.26 Å². The van der Waals surface area contributed by atoms with E-state index in [9.17, 15) is 5.26 Å². The van der Waals surface area contributed by atoms with Gasteiger partial charge in [0.15, 0.2) is 4.34 Å². The number of thioether (sulfide) groups is 1. The van der Waals surface area contributed by atoms with Crippen LogP contribution in [-0.4, -0.2) is 26.5 Å². The largest absolute Gasteiger partial charge is 0.360 e. The molecule has 0 amide bonds. The molecule has 122 valence electrons. The lowest BCUT2D eigenvalue weighted by Gasteiger charge is -2.06. The number of para-hydroxylation sites is 1. The Morgan fingerprint density at radius 2 is 2.08 bits per heavy atom. The van der Waals surface area contributed by atoms with Crippen LogP contribution in [0.15, 0.2) is 34.7 Å². The number of hydrogen-bond acceptors (Lipinski definition) is 7. The molecule has 2 aromatic heterocycles. The molecule has 0 spiro atoms. The van der Waals surface area contributed by atoms with Gasteiger partial charge in [-0.15, -0.1) is 10.2 Å². The highest BCUT2D eigenvalue weighted by Crippen LogP contribution is 2.30. The fraction of sp³-hybridized carbons (Fsp3) is 0.250. The molecule has 3 rings (SSSR count). The zero-order valence-electron chi connectivity index (χ0n) is 13.4. The van der Waals surface area contributed by atoms with Crippen LogP contribution in [0.2, 0.25) is 0 Å². The lowest BCUT2D eigenvalue weighted by atomic mass is 10.2. The zero-order chi connectivity index (χ0) is 16.9. The summed E-state index contributed by atoms with van der Waals surface area (Å²) < 4.78 is 2.71. The Labute approximate surface area is 148 Å². The van der Waals surface area contributed by atoms with Crippen LogP contribution in [0.4, 0.5) is 5.13 Å². The molecule has 0 aliphatic heterocycles. The van der Waals surface area contributed by atoms with Gasteiger partial charge >= 0.3 is 0 Å². The molecule has 0 fully saturated rings. The summed E-state index contributed by atoms with van der Waals surface area (Å²) in [5.74, 6) is 0.611. The highest BCUT2D eigenvalue weighted by Gasteiger charge is 2.17. The van der Waals surface area contributed by atoms with E-state index in [1.807, 2.05) is 48.9 Å². The molecule has 0 saturated carbocycles. The third-order valence-electron chi connectivity index (χ3n) is 3.34. The van der Waals surface area contributed by atoms with E-state index in [1.165, 1.54) is 11.3 Å². The summed E-state index contributed by atoms with van der Waals surface area (Å²) in [5.41, 5.74) is 3.19. The minimum atomic E-state index is 0.611. The molecule has 1 aromatic carbocycles. The van der Waals surface area contributed by atoms with Gasteiger partial charge in [0.05, 0.1) is 22.6 Å². The fourth-order valence-electron chi connectivity index (χ4n) is 2.26. The first kappa shape index (κ1) is 16.5. The maximum atomic E-state index is 9.48. The maximum Gasteiger partial charge on any atom is 0.206 e. The molecule has 8 heteroatoms. The van der Waals surface area contributed by atoms with Crippen LogP contribution >= 0.6 is 23.1 Å². The molecular weight excluding hydrogens is 340 g/mol. The van der Waals surface area contributed by atoms with Crippen LogP contribution in [0, 0.1) is 18.3 Å². The molecule has 6 nitrogen and oxygen atoms in total. The van der Waals surface area contributed by atoms with Crippen molar-refractivity contribution in [2.75, 3.05) is 11.9 Å². The van der Waals surface area contributed by atoms with Crippen LogP contribution in [0.25, 0.3) is 5.69 Å². The molecule has 0 saturated heterocycles. The van der Waals surface area contributed by atoms with Crippen molar-refractivity contribution in [1.82, 2.24) is 20.0 Å². The number of benzene rings is 1. The second kappa shape index (κ2) is 7.47. The topological polar surface area (TPSA) is 79.4 Å². The van der Waals surface area contributed by atoms with Crippen molar-refractivity contribution in [3.63, 3.8) is 0 Å². The Balaban J connectivity index is 1.87. The van der Waals surface area contributed by atoms with Crippen LogP contribution in [-0.2, 0) is 5.75 Å². The third kappa shape index (κ3) is 3.42. The average molecular weight is 356 g/mol. The van der Waals surface area contributed by atoms with Gasteiger partial charge in [-0.2, -0.15) is 10.4 Å². The predicted molar refractivity (Wildman–Crippen MR) is 96.6 cm³/mol. The summed E-state index contributed by atoms with van der Waals surface area (Å²) >= 11 is 3.08. The maximum absolute atomic E-state index is 9.48. The smallest absolute Gasteiger partial charge is 0.206 e. The quantitative estimate of drug-likeness (QED) is 0.680. The Morgan fingerprint density at radius 1 is 1.29 bits per heavy atom. The van der Waals surface area contributed by atoms with Gasteiger partial charge in [-0.3, -0.25) is 0 Å². The summed E-state index contributed by atoms with van der Waals surface area (Å²) in [6.07, 6.45) is 0. The number of aromatic nitrogens is 4.